The monoisotopic (exact) mass is 241 g/mol. The topological polar surface area (TPSA) is 73.5 Å². The Morgan fingerprint density at radius 3 is 2.69 bits per heavy atom. The van der Waals surface area contributed by atoms with Gasteiger partial charge in [0.25, 0.3) is 0 Å². The molecule has 0 aromatic heterocycles. The molecule has 0 amide bonds. The molecule has 0 spiro atoms. The molecule has 0 aliphatic heterocycles. The van der Waals surface area contributed by atoms with E-state index in [0.29, 0.717) is 16.3 Å². The molecule has 1 rings (SSSR count). The summed E-state index contributed by atoms with van der Waals surface area (Å²) in [5, 5.41) is 27.9. The summed E-state index contributed by atoms with van der Waals surface area (Å²) < 4.78 is 4.96. The lowest BCUT2D eigenvalue weighted by atomic mass is 10.0. The van der Waals surface area contributed by atoms with Crippen molar-refractivity contribution in [2.45, 2.75) is 18.6 Å². The van der Waals surface area contributed by atoms with Crippen LogP contribution in [0.15, 0.2) is 18.2 Å². The molecule has 0 saturated carbocycles. The van der Waals surface area contributed by atoms with Gasteiger partial charge in [-0.1, -0.05) is 17.7 Å². The van der Waals surface area contributed by atoms with Gasteiger partial charge >= 0.3 is 0 Å². The van der Waals surface area contributed by atoms with E-state index in [1.807, 2.05) is 0 Å². The highest BCUT2D eigenvalue weighted by Crippen LogP contribution is 2.29. The zero-order valence-electron chi connectivity index (χ0n) is 8.72. The summed E-state index contributed by atoms with van der Waals surface area (Å²) in [6.45, 7) is 0. The third-order valence-corrected chi connectivity index (χ3v) is 2.48. The summed E-state index contributed by atoms with van der Waals surface area (Å²) in [7, 11) is 1.49. The molecule has 1 aromatic carbocycles. The second-order valence-corrected chi connectivity index (χ2v) is 3.68. The lowest BCUT2D eigenvalue weighted by Gasteiger charge is -2.16. The van der Waals surface area contributed by atoms with Crippen LogP contribution in [0.5, 0.6) is 5.75 Å². The van der Waals surface area contributed by atoms with Crippen LogP contribution in [0.1, 0.15) is 18.1 Å². The Hall–Kier alpha value is -1.28. The number of nitriles is 1. The van der Waals surface area contributed by atoms with Crippen molar-refractivity contribution in [1.29, 1.82) is 5.26 Å². The maximum absolute atomic E-state index is 9.71. The summed E-state index contributed by atoms with van der Waals surface area (Å²) in [4.78, 5) is 0. The van der Waals surface area contributed by atoms with Gasteiger partial charge in [0.15, 0.2) is 0 Å². The maximum atomic E-state index is 9.71. The Balaban J connectivity index is 2.89. The summed E-state index contributed by atoms with van der Waals surface area (Å²) in [5.74, 6) is 0.493. The van der Waals surface area contributed by atoms with Crippen LogP contribution < -0.4 is 4.74 Å². The molecular formula is C11H12ClNO3. The van der Waals surface area contributed by atoms with Gasteiger partial charge in [-0.15, -0.1) is 0 Å². The van der Waals surface area contributed by atoms with Crippen molar-refractivity contribution in [1.82, 2.24) is 0 Å². The van der Waals surface area contributed by atoms with Crippen LogP contribution in [0.3, 0.4) is 0 Å². The van der Waals surface area contributed by atoms with E-state index in [0.717, 1.165) is 0 Å². The molecule has 0 aliphatic rings. The van der Waals surface area contributed by atoms with Crippen molar-refractivity contribution in [3.63, 3.8) is 0 Å². The highest BCUT2D eigenvalue weighted by molar-refractivity contribution is 6.32. The Kier molecular flexibility index (Phi) is 4.56. The van der Waals surface area contributed by atoms with Crippen molar-refractivity contribution in [3.05, 3.63) is 28.8 Å². The molecule has 0 radical (unpaired) electrons. The number of nitrogens with zero attached hydrogens (tertiary/aromatic N) is 1. The largest absolute Gasteiger partial charge is 0.495 e. The Labute approximate surface area is 98.7 Å². The van der Waals surface area contributed by atoms with Gasteiger partial charge in [-0.25, -0.2) is 0 Å². The summed E-state index contributed by atoms with van der Waals surface area (Å²) in [6.07, 6.45) is -2.37. The standard InChI is InChI=1S/C11H12ClNO3/c1-16-10-3-2-7(6-8(10)12)11(15)9(14)4-5-13/h2-3,6,9,11,14-15H,4H2,1H3. The van der Waals surface area contributed by atoms with Crippen molar-refractivity contribution in [3.8, 4) is 11.8 Å². The predicted molar refractivity (Wildman–Crippen MR) is 59.2 cm³/mol. The number of ether oxygens (including phenoxy) is 1. The molecule has 0 bridgehead atoms. The van der Waals surface area contributed by atoms with Gasteiger partial charge in [-0.3, -0.25) is 0 Å². The molecule has 0 fully saturated rings. The molecule has 2 unspecified atom stereocenters. The van der Waals surface area contributed by atoms with E-state index < -0.39 is 12.2 Å². The number of hydrogen-bond acceptors (Lipinski definition) is 4. The Bertz CT molecular complexity index is 403. The first kappa shape index (κ1) is 12.8. The van der Waals surface area contributed by atoms with E-state index in [4.69, 9.17) is 21.6 Å². The average Bonchev–Trinajstić information content (AvgIpc) is 2.28. The van der Waals surface area contributed by atoms with Crippen LogP contribution in [-0.4, -0.2) is 23.4 Å². The van der Waals surface area contributed by atoms with Gasteiger partial charge in [-0.05, 0) is 17.7 Å². The first-order valence-corrected chi connectivity index (χ1v) is 5.04. The van der Waals surface area contributed by atoms with Crippen LogP contribution in [0.4, 0.5) is 0 Å². The van der Waals surface area contributed by atoms with Crippen molar-refractivity contribution in [2.75, 3.05) is 7.11 Å². The quantitative estimate of drug-likeness (QED) is 0.841. The molecule has 2 atom stereocenters. The fourth-order valence-corrected chi connectivity index (χ4v) is 1.56. The smallest absolute Gasteiger partial charge is 0.137 e. The van der Waals surface area contributed by atoms with Gasteiger partial charge < -0.3 is 14.9 Å². The van der Waals surface area contributed by atoms with Crippen molar-refractivity contribution in [2.24, 2.45) is 0 Å². The summed E-state index contributed by atoms with van der Waals surface area (Å²) in [6, 6.07) is 6.48. The second kappa shape index (κ2) is 5.71. The molecule has 4 nitrogen and oxygen atoms in total. The van der Waals surface area contributed by atoms with E-state index in [1.165, 1.54) is 13.2 Å². The van der Waals surface area contributed by atoms with E-state index >= 15 is 0 Å². The van der Waals surface area contributed by atoms with Gasteiger partial charge in [0.05, 0.1) is 30.7 Å². The van der Waals surface area contributed by atoms with Crippen LogP contribution in [0.2, 0.25) is 5.02 Å². The Morgan fingerprint density at radius 2 is 2.19 bits per heavy atom. The SMILES string of the molecule is COc1ccc(C(O)C(O)CC#N)cc1Cl. The molecule has 0 saturated heterocycles. The zero-order chi connectivity index (χ0) is 12.1. The number of hydrogen-bond donors (Lipinski definition) is 2. The highest BCUT2D eigenvalue weighted by atomic mass is 35.5. The van der Waals surface area contributed by atoms with E-state index in [-0.39, 0.29) is 6.42 Å². The fraction of sp³-hybridized carbons (Fsp3) is 0.364. The van der Waals surface area contributed by atoms with Crippen LogP contribution in [0.25, 0.3) is 0 Å². The van der Waals surface area contributed by atoms with Crippen LogP contribution >= 0.6 is 11.6 Å². The molecular weight excluding hydrogens is 230 g/mol. The normalized spacial score (nSPS) is 13.9. The number of halogens is 1. The number of methoxy groups -OCH3 is 1. The van der Waals surface area contributed by atoms with Crippen molar-refractivity contribution >= 4 is 11.6 Å². The Morgan fingerprint density at radius 1 is 1.50 bits per heavy atom. The van der Waals surface area contributed by atoms with E-state index in [1.54, 1.807) is 18.2 Å². The molecule has 2 N–H and O–H groups in total. The zero-order valence-corrected chi connectivity index (χ0v) is 9.48. The third-order valence-electron chi connectivity index (χ3n) is 2.18. The number of aliphatic hydroxyl groups is 2. The minimum Gasteiger partial charge on any atom is -0.495 e. The van der Waals surface area contributed by atoms with Gasteiger partial charge in [0.2, 0.25) is 0 Å². The van der Waals surface area contributed by atoms with Gasteiger partial charge in [-0.2, -0.15) is 5.26 Å². The van der Waals surface area contributed by atoms with Gasteiger partial charge in [0, 0.05) is 0 Å². The lowest BCUT2D eigenvalue weighted by molar-refractivity contribution is 0.0216. The third kappa shape index (κ3) is 2.86. The molecule has 1 aromatic rings. The first-order valence-electron chi connectivity index (χ1n) is 4.66. The fourth-order valence-electron chi connectivity index (χ4n) is 1.29. The lowest BCUT2D eigenvalue weighted by Crippen LogP contribution is -2.17. The molecule has 86 valence electrons. The predicted octanol–water partition coefficient (Wildman–Crippen LogP) is 1.66. The van der Waals surface area contributed by atoms with Crippen LogP contribution in [0, 0.1) is 11.3 Å². The van der Waals surface area contributed by atoms with Gasteiger partial charge in [0.1, 0.15) is 11.9 Å². The van der Waals surface area contributed by atoms with E-state index in [2.05, 4.69) is 0 Å². The number of rotatable bonds is 4. The first-order chi connectivity index (χ1) is 7.60. The number of aliphatic hydroxyl groups excluding tert-OH is 2. The molecule has 16 heavy (non-hydrogen) atoms. The van der Waals surface area contributed by atoms with Crippen LogP contribution in [-0.2, 0) is 0 Å². The van der Waals surface area contributed by atoms with Crippen molar-refractivity contribution < 1.29 is 14.9 Å². The summed E-state index contributed by atoms with van der Waals surface area (Å²) >= 11 is 5.87. The van der Waals surface area contributed by atoms with E-state index in [9.17, 15) is 10.2 Å². The summed E-state index contributed by atoms with van der Waals surface area (Å²) in [5.41, 5.74) is 0.452. The number of benzene rings is 1. The molecule has 0 aliphatic carbocycles. The molecule has 0 heterocycles. The second-order valence-electron chi connectivity index (χ2n) is 3.27. The highest BCUT2D eigenvalue weighted by Gasteiger charge is 2.18. The maximum Gasteiger partial charge on any atom is 0.137 e. The minimum atomic E-state index is -1.12. The minimum absolute atomic E-state index is 0.134. The average molecular weight is 242 g/mol. The molecule has 5 heteroatoms.